The number of rotatable bonds is 6. The molecule has 1 aromatic carbocycles. The Labute approximate surface area is 110 Å². The zero-order chi connectivity index (χ0) is 13.8. The highest BCUT2D eigenvalue weighted by molar-refractivity contribution is 7.91. The molecule has 0 spiro atoms. The number of benzene rings is 1. The van der Waals surface area contributed by atoms with Crippen LogP contribution in [0.3, 0.4) is 0 Å². The number of alkyl halides is 3. The Morgan fingerprint density at radius 3 is 2.50 bits per heavy atom. The first kappa shape index (κ1) is 15.2. The van der Waals surface area contributed by atoms with E-state index in [1.54, 1.807) is 18.0 Å². The summed E-state index contributed by atoms with van der Waals surface area (Å²) < 4.78 is 48.2. The van der Waals surface area contributed by atoms with Crippen LogP contribution in [-0.2, 0) is 9.84 Å². The van der Waals surface area contributed by atoms with Gasteiger partial charge in [0.2, 0.25) is 9.84 Å². The molecule has 0 saturated carbocycles. The maximum absolute atomic E-state index is 12.6. The molecule has 0 unspecified atom stereocenters. The lowest BCUT2D eigenvalue weighted by atomic mass is 10.3. The van der Waals surface area contributed by atoms with Crippen LogP contribution in [0.2, 0.25) is 0 Å². The van der Waals surface area contributed by atoms with Crippen LogP contribution in [0, 0.1) is 0 Å². The first-order chi connectivity index (χ1) is 8.41. The second kappa shape index (κ2) is 6.33. The molecule has 1 rings (SSSR count). The Kier molecular flexibility index (Phi) is 5.34. The topological polar surface area (TPSA) is 37.4 Å². The van der Waals surface area contributed by atoms with Crippen molar-refractivity contribution in [1.29, 1.82) is 0 Å². The van der Waals surface area contributed by atoms with E-state index in [9.17, 15) is 17.2 Å². The summed E-state index contributed by atoms with van der Waals surface area (Å²) in [5.41, 5.74) is 0.267. The minimum Gasteiger partial charge on any atom is -0.373 e. The lowest BCUT2D eigenvalue weighted by molar-refractivity contribution is 0.235. The predicted molar refractivity (Wildman–Crippen MR) is 68.2 cm³/mol. The molecule has 0 saturated heterocycles. The molecule has 0 fully saturated rings. The van der Waals surface area contributed by atoms with Crippen LogP contribution in [0.5, 0.6) is 0 Å². The number of hydrogen-bond acceptors (Lipinski definition) is 3. The van der Waals surface area contributed by atoms with Gasteiger partial charge in [0, 0.05) is 19.5 Å². The van der Waals surface area contributed by atoms with Crippen molar-refractivity contribution in [2.75, 3.05) is 24.4 Å². The third kappa shape index (κ3) is 3.32. The van der Waals surface area contributed by atoms with Crippen LogP contribution >= 0.6 is 11.6 Å². The number of anilines is 1. The van der Waals surface area contributed by atoms with Crippen molar-refractivity contribution in [1.82, 2.24) is 0 Å². The normalized spacial score (nSPS) is 11.8. The van der Waals surface area contributed by atoms with E-state index in [2.05, 4.69) is 0 Å². The minimum absolute atomic E-state index is 0.267. The molecule has 0 radical (unpaired) electrons. The maximum Gasteiger partial charge on any atom is 0.341 e. The Balaban J connectivity index is 3.15. The predicted octanol–water partition coefficient (Wildman–Crippen LogP) is 2.75. The molecule has 7 heteroatoms. The average Bonchev–Trinajstić information content (AvgIpc) is 2.35. The smallest absolute Gasteiger partial charge is 0.341 e. The van der Waals surface area contributed by atoms with E-state index in [0.717, 1.165) is 0 Å². The standard InChI is InChI=1S/C11H14ClF2NO2S/c1-15(8-4-7-12)9-5-2-3-6-10(9)18(16,17)11(13)14/h2-3,5-6,11H,4,7-8H2,1H3. The summed E-state index contributed by atoms with van der Waals surface area (Å²) in [7, 11) is -2.94. The van der Waals surface area contributed by atoms with Gasteiger partial charge in [0.25, 0.3) is 0 Å². The molecule has 0 amide bonds. The van der Waals surface area contributed by atoms with E-state index in [4.69, 9.17) is 11.6 Å². The fourth-order valence-electron chi connectivity index (χ4n) is 1.53. The van der Waals surface area contributed by atoms with Gasteiger partial charge in [0.1, 0.15) is 0 Å². The van der Waals surface area contributed by atoms with E-state index in [-0.39, 0.29) is 10.6 Å². The molecule has 0 atom stereocenters. The molecule has 0 aliphatic rings. The number of hydrogen-bond donors (Lipinski definition) is 0. The number of halogens is 3. The quantitative estimate of drug-likeness (QED) is 0.758. The highest BCUT2D eigenvalue weighted by Gasteiger charge is 2.29. The highest BCUT2D eigenvalue weighted by atomic mass is 35.5. The van der Waals surface area contributed by atoms with Gasteiger partial charge in [-0.1, -0.05) is 12.1 Å². The zero-order valence-corrected chi connectivity index (χ0v) is 11.4. The number of para-hydroxylation sites is 1. The van der Waals surface area contributed by atoms with Gasteiger partial charge in [0.05, 0.1) is 10.6 Å². The first-order valence-electron chi connectivity index (χ1n) is 5.29. The summed E-state index contributed by atoms with van der Waals surface area (Å²) in [6.07, 6.45) is 0.640. The molecule has 0 aromatic heterocycles. The molecule has 18 heavy (non-hydrogen) atoms. The van der Waals surface area contributed by atoms with Crippen molar-refractivity contribution in [3.8, 4) is 0 Å². The Hall–Kier alpha value is -0.880. The van der Waals surface area contributed by atoms with E-state index < -0.39 is 15.6 Å². The van der Waals surface area contributed by atoms with Crippen molar-refractivity contribution >= 4 is 27.1 Å². The van der Waals surface area contributed by atoms with Crippen molar-refractivity contribution in [3.63, 3.8) is 0 Å². The SMILES string of the molecule is CN(CCCCl)c1ccccc1S(=O)(=O)C(F)F. The van der Waals surface area contributed by atoms with Gasteiger partial charge in [0.15, 0.2) is 0 Å². The highest BCUT2D eigenvalue weighted by Crippen LogP contribution is 2.28. The average molecular weight is 298 g/mol. The van der Waals surface area contributed by atoms with E-state index in [0.29, 0.717) is 18.8 Å². The van der Waals surface area contributed by atoms with Crippen LogP contribution in [-0.4, -0.2) is 33.6 Å². The van der Waals surface area contributed by atoms with Crippen LogP contribution in [0.4, 0.5) is 14.5 Å². The Morgan fingerprint density at radius 1 is 1.33 bits per heavy atom. The third-order valence-corrected chi connectivity index (χ3v) is 4.14. The molecule has 0 aliphatic carbocycles. The van der Waals surface area contributed by atoms with E-state index in [1.807, 2.05) is 0 Å². The molecule has 0 bridgehead atoms. The Bertz CT molecular complexity index is 494. The molecule has 0 N–H and O–H groups in total. The van der Waals surface area contributed by atoms with E-state index >= 15 is 0 Å². The lowest BCUT2D eigenvalue weighted by Gasteiger charge is -2.21. The third-order valence-electron chi connectivity index (χ3n) is 2.44. The van der Waals surface area contributed by atoms with Crippen LogP contribution in [0.15, 0.2) is 29.2 Å². The number of sulfone groups is 1. The van der Waals surface area contributed by atoms with Gasteiger partial charge in [-0.05, 0) is 18.6 Å². The second-order valence-corrected chi connectivity index (χ2v) is 6.00. The van der Waals surface area contributed by atoms with Crippen LogP contribution < -0.4 is 4.90 Å². The summed E-state index contributed by atoms with van der Waals surface area (Å²) in [6, 6.07) is 5.72. The van der Waals surface area contributed by atoms with Crippen molar-refractivity contribution in [2.45, 2.75) is 17.1 Å². The minimum atomic E-state index is -4.59. The van der Waals surface area contributed by atoms with Gasteiger partial charge in [-0.2, -0.15) is 8.78 Å². The van der Waals surface area contributed by atoms with Crippen LogP contribution in [0.25, 0.3) is 0 Å². The molecule has 0 aliphatic heterocycles. The molecule has 102 valence electrons. The fourth-order valence-corrected chi connectivity index (χ4v) is 2.62. The maximum atomic E-state index is 12.6. The zero-order valence-electron chi connectivity index (χ0n) is 9.81. The monoisotopic (exact) mass is 297 g/mol. The summed E-state index contributed by atoms with van der Waals surface area (Å²) in [5, 5.41) is 0. The molecular formula is C11H14ClF2NO2S. The Morgan fingerprint density at radius 2 is 1.94 bits per heavy atom. The fraction of sp³-hybridized carbons (Fsp3) is 0.455. The summed E-state index contributed by atoms with van der Waals surface area (Å²) in [5.74, 6) is -2.99. The van der Waals surface area contributed by atoms with Gasteiger partial charge in [-0.15, -0.1) is 11.6 Å². The molecule has 0 heterocycles. The van der Waals surface area contributed by atoms with Crippen LogP contribution in [0.1, 0.15) is 6.42 Å². The summed E-state index contributed by atoms with van der Waals surface area (Å²) in [4.78, 5) is 1.26. The first-order valence-corrected chi connectivity index (χ1v) is 7.37. The number of nitrogens with zero attached hydrogens (tertiary/aromatic N) is 1. The van der Waals surface area contributed by atoms with Gasteiger partial charge in [-0.3, -0.25) is 0 Å². The van der Waals surface area contributed by atoms with Gasteiger partial charge < -0.3 is 4.90 Å². The van der Waals surface area contributed by atoms with Crippen molar-refractivity contribution < 1.29 is 17.2 Å². The van der Waals surface area contributed by atoms with Gasteiger partial charge >= 0.3 is 5.76 Å². The van der Waals surface area contributed by atoms with E-state index in [1.165, 1.54) is 18.2 Å². The second-order valence-electron chi connectivity index (χ2n) is 3.74. The molecular weight excluding hydrogens is 284 g/mol. The summed E-state index contributed by atoms with van der Waals surface area (Å²) >= 11 is 5.55. The van der Waals surface area contributed by atoms with Crippen molar-refractivity contribution in [3.05, 3.63) is 24.3 Å². The lowest BCUT2D eigenvalue weighted by Crippen LogP contribution is -2.23. The molecule has 3 nitrogen and oxygen atoms in total. The van der Waals surface area contributed by atoms with Gasteiger partial charge in [-0.25, -0.2) is 8.42 Å². The largest absolute Gasteiger partial charge is 0.373 e. The van der Waals surface area contributed by atoms with Crippen molar-refractivity contribution in [2.24, 2.45) is 0 Å². The summed E-state index contributed by atoms with van der Waals surface area (Å²) in [6.45, 7) is 0.499. The molecule has 1 aromatic rings.